The summed E-state index contributed by atoms with van der Waals surface area (Å²) in [6.07, 6.45) is 5.41. The smallest absolute Gasteiger partial charge is 0.286 e. The molecular formula is C27H34N4O3SSi. The van der Waals surface area contributed by atoms with Crippen LogP contribution in [0, 0.1) is 0 Å². The van der Waals surface area contributed by atoms with Crippen molar-refractivity contribution >= 4 is 52.7 Å². The molecule has 1 fully saturated rings. The lowest BCUT2D eigenvalue weighted by Gasteiger charge is -2.33. The number of anilines is 2. The van der Waals surface area contributed by atoms with Gasteiger partial charge in [-0.15, -0.1) is 16.5 Å². The van der Waals surface area contributed by atoms with Crippen molar-refractivity contribution in [1.29, 1.82) is 0 Å². The predicted molar refractivity (Wildman–Crippen MR) is 149 cm³/mol. The normalized spacial score (nSPS) is 17.5. The first-order valence-electron chi connectivity index (χ1n) is 12.5. The number of aromatic nitrogens is 1. The molecule has 0 atom stereocenters. The second-order valence-corrected chi connectivity index (χ2v) is 16.7. The van der Waals surface area contributed by atoms with Gasteiger partial charge in [-0.25, -0.2) is 0 Å². The summed E-state index contributed by atoms with van der Waals surface area (Å²) >= 11 is 1.49. The average Bonchev–Trinajstić information content (AvgIpc) is 3.43. The molecule has 1 saturated heterocycles. The number of ether oxygens (including phenoxy) is 1. The fourth-order valence-electron chi connectivity index (χ4n) is 4.23. The highest BCUT2D eigenvalue weighted by Crippen LogP contribution is 2.39. The highest BCUT2D eigenvalue weighted by molar-refractivity contribution is 7.21. The van der Waals surface area contributed by atoms with E-state index in [4.69, 9.17) is 9.26 Å². The third-order valence-electron chi connectivity index (χ3n) is 7.49. The molecule has 0 spiro atoms. The van der Waals surface area contributed by atoms with Crippen LogP contribution in [0.15, 0.2) is 41.8 Å². The van der Waals surface area contributed by atoms with Gasteiger partial charge in [0.05, 0.1) is 29.3 Å². The van der Waals surface area contributed by atoms with E-state index in [1.54, 1.807) is 6.20 Å². The van der Waals surface area contributed by atoms with Crippen LogP contribution in [0.2, 0.25) is 18.1 Å². The fourth-order valence-corrected chi connectivity index (χ4v) is 5.93. The second-order valence-electron chi connectivity index (χ2n) is 11.0. The molecule has 2 aromatic heterocycles. The third kappa shape index (κ3) is 4.79. The monoisotopic (exact) mass is 522 g/mol. The Kier molecular flexibility index (Phi) is 6.65. The largest absolute Gasteiger partial charge is 0.455 e. The highest BCUT2D eigenvalue weighted by atomic mass is 32.1. The number of morpholine rings is 1. The van der Waals surface area contributed by atoms with Gasteiger partial charge >= 0.3 is 0 Å². The Labute approximate surface area is 217 Å². The lowest BCUT2D eigenvalue weighted by atomic mass is 10.1. The molecule has 1 aromatic carbocycles. The maximum Gasteiger partial charge on any atom is 0.286 e. The van der Waals surface area contributed by atoms with Gasteiger partial charge < -0.3 is 19.5 Å². The fraction of sp³-hybridized carbons (Fsp3) is 0.444. The second kappa shape index (κ2) is 9.61. The molecule has 0 unspecified atom stereocenters. The molecule has 1 aliphatic heterocycles. The van der Waals surface area contributed by atoms with E-state index in [0.29, 0.717) is 31.2 Å². The van der Waals surface area contributed by atoms with Crippen LogP contribution in [0.1, 0.15) is 48.0 Å². The lowest BCUT2D eigenvalue weighted by Crippen LogP contribution is -2.40. The van der Waals surface area contributed by atoms with E-state index >= 15 is 0 Å². The van der Waals surface area contributed by atoms with Crippen LogP contribution >= 0.6 is 11.3 Å². The molecule has 1 N–H and O–H groups in total. The van der Waals surface area contributed by atoms with Crippen LogP contribution in [-0.4, -0.2) is 56.1 Å². The minimum atomic E-state index is -1.95. The summed E-state index contributed by atoms with van der Waals surface area (Å²) in [4.78, 5) is 20.3. The number of nitrogens with one attached hydrogen (secondary N) is 1. The Balaban J connectivity index is 1.42. The van der Waals surface area contributed by atoms with Crippen LogP contribution in [0.4, 0.5) is 11.4 Å². The van der Waals surface area contributed by atoms with E-state index < -0.39 is 8.32 Å². The Bertz CT molecular complexity index is 1320. The van der Waals surface area contributed by atoms with Crippen LogP contribution in [-0.2, 0) is 15.7 Å². The van der Waals surface area contributed by atoms with Crippen molar-refractivity contribution < 1.29 is 14.1 Å². The van der Waals surface area contributed by atoms with Crippen LogP contribution in [0.3, 0.4) is 0 Å². The Morgan fingerprint density at radius 2 is 1.97 bits per heavy atom. The quantitative estimate of drug-likeness (QED) is 0.320. The van der Waals surface area contributed by atoms with Crippen molar-refractivity contribution in [2.45, 2.75) is 51.7 Å². The van der Waals surface area contributed by atoms with Gasteiger partial charge in [-0.05, 0) is 54.7 Å². The van der Waals surface area contributed by atoms with Gasteiger partial charge in [-0.2, -0.15) is 0 Å². The van der Waals surface area contributed by atoms with Crippen LogP contribution < -0.4 is 5.32 Å². The number of hydrogen-bond acceptors (Lipinski definition) is 7. The Morgan fingerprint density at radius 3 is 2.72 bits per heavy atom. The summed E-state index contributed by atoms with van der Waals surface area (Å²) in [7, 11) is -1.95. The van der Waals surface area contributed by atoms with E-state index in [0.717, 1.165) is 45.6 Å². The SMILES string of the molecule is CC(C)(C)[Si](C)(C)O/N=C1\CCc2cc(Nc3c(C(=O)N4CCOCC4)sc4cnccc34)ccc21. The molecule has 5 rings (SSSR count). The average molecular weight is 523 g/mol. The standard InChI is InChI=1S/C27H34N4O3SSi/c1-27(2,3)36(4,5)34-30-22-9-6-18-16-19(7-8-20(18)22)29-24-21-10-11-28-17-23(21)35-25(24)26(32)31-12-14-33-15-13-31/h7-8,10-11,16-17,29H,6,9,12-15H2,1-5H3/b30-22+. The molecule has 0 bridgehead atoms. The van der Waals surface area contributed by atoms with Crippen molar-refractivity contribution in [2.75, 3.05) is 31.6 Å². The van der Waals surface area contributed by atoms with E-state index in [9.17, 15) is 4.79 Å². The summed E-state index contributed by atoms with van der Waals surface area (Å²) in [6, 6.07) is 8.34. The number of rotatable bonds is 5. The molecule has 1 aliphatic carbocycles. The van der Waals surface area contributed by atoms with Gasteiger partial charge in [0.1, 0.15) is 4.88 Å². The number of benzene rings is 1. The number of hydrogen-bond donors (Lipinski definition) is 1. The van der Waals surface area contributed by atoms with E-state index in [1.807, 2.05) is 17.2 Å². The molecular weight excluding hydrogens is 488 g/mol. The van der Waals surface area contributed by atoms with Gasteiger partial charge in [0.2, 0.25) is 0 Å². The van der Waals surface area contributed by atoms with Crippen molar-refractivity contribution in [3.63, 3.8) is 0 Å². The number of aryl methyl sites for hydroxylation is 1. The zero-order chi connectivity index (χ0) is 25.5. The van der Waals surface area contributed by atoms with Gasteiger partial charge in [0.25, 0.3) is 14.2 Å². The molecule has 0 saturated carbocycles. The number of carbonyl (C=O) groups is 1. The van der Waals surface area contributed by atoms with Crippen molar-refractivity contribution in [3.05, 3.63) is 52.7 Å². The van der Waals surface area contributed by atoms with Crippen molar-refractivity contribution in [2.24, 2.45) is 5.16 Å². The van der Waals surface area contributed by atoms with Gasteiger partial charge in [-0.3, -0.25) is 9.78 Å². The lowest BCUT2D eigenvalue weighted by molar-refractivity contribution is 0.0307. The van der Waals surface area contributed by atoms with Gasteiger partial charge in [-0.1, -0.05) is 26.8 Å². The number of thiophene rings is 1. The summed E-state index contributed by atoms with van der Waals surface area (Å²) in [5, 5.41) is 9.33. The minimum absolute atomic E-state index is 0.0420. The van der Waals surface area contributed by atoms with Gasteiger partial charge in [0.15, 0.2) is 0 Å². The van der Waals surface area contributed by atoms with E-state index in [-0.39, 0.29) is 10.9 Å². The number of carbonyl (C=O) groups excluding carboxylic acids is 1. The molecule has 1 amide bonds. The summed E-state index contributed by atoms with van der Waals surface area (Å²) in [5.41, 5.74) is 5.24. The molecule has 9 heteroatoms. The number of pyridine rings is 1. The first kappa shape index (κ1) is 24.9. The minimum Gasteiger partial charge on any atom is -0.455 e. The molecule has 2 aliphatic rings. The zero-order valence-corrected chi connectivity index (χ0v) is 23.5. The molecule has 0 radical (unpaired) electrons. The topological polar surface area (TPSA) is 76.0 Å². The van der Waals surface area contributed by atoms with Crippen LogP contribution in [0.25, 0.3) is 10.1 Å². The number of oxime groups is 1. The Morgan fingerprint density at radius 1 is 1.19 bits per heavy atom. The molecule has 7 nitrogen and oxygen atoms in total. The number of amides is 1. The van der Waals surface area contributed by atoms with Crippen molar-refractivity contribution in [3.8, 4) is 0 Å². The van der Waals surface area contributed by atoms with Crippen molar-refractivity contribution in [1.82, 2.24) is 9.88 Å². The van der Waals surface area contributed by atoms with E-state index in [1.165, 1.54) is 16.9 Å². The number of nitrogens with zero attached hydrogens (tertiary/aromatic N) is 3. The Hall–Kier alpha value is -2.75. The van der Waals surface area contributed by atoms with Gasteiger partial charge in [0, 0.05) is 42.1 Å². The highest BCUT2D eigenvalue weighted by Gasteiger charge is 2.40. The molecule has 3 aromatic rings. The molecule has 36 heavy (non-hydrogen) atoms. The predicted octanol–water partition coefficient (Wildman–Crippen LogP) is 6.18. The first-order valence-corrected chi connectivity index (χ1v) is 16.3. The maximum absolute atomic E-state index is 13.4. The third-order valence-corrected chi connectivity index (χ3v) is 12.8. The summed E-state index contributed by atoms with van der Waals surface area (Å²) in [6.45, 7) is 13.5. The molecule has 190 valence electrons. The maximum atomic E-state index is 13.4. The first-order chi connectivity index (χ1) is 17.1. The van der Waals surface area contributed by atoms with Crippen LogP contribution in [0.5, 0.6) is 0 Å². The molecule has 3 heterocycles. The number of fused-ring (bicyclic) bond motifs is 2. The van der Waals surface area contributed by atoms with E-state index in [2.05, 4.69) is 67.5 Å². The summed E-state index contributed by atoms with van der Waals surface area (Å²) in [5.74, 6) is 0.0420. The zero-order valence-electron chi connectivity index (χ0n) is 21.7. The summed E-state index contributed by atoms with van der Waals surface area (Å²) < 4.78 is 12.6.